The molecule has 0 atom stereocenters. The molecule has 0 unspecified atom stereocenters. The number of amidine groups is 1. The summed E-state index contributed by atoms with van der Waals surface area (Å²) >= 11 is 5.92. The van der Waals surface area contributed by atoms with Gasteiger partial charge >= 0.3 is 0 Å². The Morgan fingerprint density at radius 1 is 1.10 bits per heavy atom. The normalized spacial score (nSPS) is 12.0. The number of aliphatic imine (C=N–C) groups is 1. The van der Waals surface area contributed by atoms with E-state index >= 15 is 0 Å². The van der Waals surface area contributed by atoms with E-state index in [9.17, 15) is 4.79 Å². The van der Waals surface area contributed by atoms with Gasteiger partial charge in [-0.15, -0.1) is 0 Å². The summed E-state index contributed by atoms with van der Waals surface area (Å²) in [6.07, 6.45) is 0. The Morgan fingerprint density at radius 2 is 1.87 bits per heavy atom. The third-order valence-corrected chi connectivity index (χ3v) is 5.14. The summed E-state index contributed by atoms with van der Waals surface area (Å²) in [4.78, 5) is 19.5. The van der Waals surface area contributed by atoms with Crippen LogP contribution in [-0.2, 0) is 4.74 Å². The zero-order valence-electron chi connectivity index (χ0n) is 17.3. The van der Waals surface area contributed by atoms with E-state index in [1.807, 2.05) is 54.4 Å². The van der Waals surface area contributed by atoms with Gasteiger partial charge in [0.25, 0.3) is 5.91 Å². The molecule has 0 saturated heterocycles. The molecule has 3 aromatic rings. The molecule has 0 spiro atoms. The first-order valence-corrected chi connectivity index (χ1v) is 10.2. The molecular formula is C24H22ClN3O3. The van der Waals surface area contributed by atoms with Gasteiger partial charge in [0.15, 0.2) is 5.75 Å². The molecule has 0 fully saturated rings. The Kier molecular flexibility index (Phi) is 6.21. The summed E-state index contributed by atoms with van der Waals surface area (Å²) in [5.41, 5.74) is 2.68. The van der Waals surface area contributed by atoms with Gasteiger partial charge in [0, 0.05) is 37.0 Å². The van der Waals surface area contributed by atoms with Crippen LogP contribution >= 0.6 is 11.6 Å². The molecular weight excluding hydrogens is 414 g/mol. The van der Waals surface area contributed by atoms with Gasteiger partial charge in [0.05, 0.1) is 12.2 Å². The maximum Gasteiger partial charge on any atom is 0.255 e. The van der Waals surface area contributed by atoms with Gasteiger partial charge in [-0.3, -0.25) is 4.79 Å². The Hall–Kier alpha value is -3.35. The molecule has 1 heterocycles. The first kappa shape index (κ1) is 20.9. The van der Waals surface area contributed by atoms with Crippen LogP contribution in [-0.4, -0.2) is 44.0 Å². The lowest BCUT2D eigenvalue weighted by atomic mass is 10.1. The highest BCUT2D eigenvalue weighted by molar-refractivity contribution is 6.30. The zero-order chi connectivity index (χ0) is 21.8. The van der Waals surface area contributed by atoms with Crippen LogP contribution in [0.15, 0.2) is 71.7 Å². The van der Waals surface area contributed by atoms with Crippen LogP contribution in [0.5, 0.6) is 11.5 Å². The van der Waals surface area contributed by atoms with E-state index < -0.39 is 0 Å². The van der Waals surface area contributed by atoms with Gasteiger partial charge in [0.1, 0.15) is 17.3 Å². The van der Waals surface area contributed by atoms with E-state index in [-0.39, 0.29) is 5.91 Å². The lowest BCUT2D eigenvalue weighted by molar-refractivity contribution is 0.102. The Morgan fingerprint density at radius 3 is 2.65 bits per heavy atom. The summed E-state index contributed by atoms with van der Waals surface area (Å²) in [5.74, 6) is 1.86. The second kappa shape index (κ2) is 9.20. The minimum Gasteiger partial charge on any atom is -0.454 e. The van der Waals surface area contributed by atoms with Gasteiger partial charge in [-0.05, 0) is 54.6 Å². The fourth-order valence-electron chi connectivity index (χ4n) is 3.23. The van der Waals surface area contributed by atoms with Crippen molar-refractivity contribution < 1.29 is 14.3 Å². The number of carbonyl (C=O) groups is 1. The van der Waals surface area contributed by atoms with E-state index in [0.717, 1.165) is 17.1 Å². The van der Waals surface area contributed by atoms with E-state index in [0.29, 0.717) is 40.9 Å². The number of fused-ring (bicyclic) bond motifs is 2. The molecule has 0 saturated carbocycles. The predicted molar refractivity (Wildman–Crippen MR) is 123 cm³/mol. The molecule has 31 heavy (non-hydrogen) atoms. The number of carbonyl (C=O) groups excluding carboxylic acids is 1. The molecule has 1 N–H and O–H groups in total. The topological polar surface area (TPSA) is 63.2 Å². The molecule has 1 amide bonds. The first-order chi connectivity index (χ1) is 15.0. The van der Waals surface area contributed by atoms with E-state index in [2.05, 4.69) is 5.32 Å². The number of rotatable bonds is 5. The quantitative estimate of drug-likeness (QED) is 0.586. The molecule has 1 aliphatic heterocycles. The van der Waals surface area contributed by atoms with E-state index in [1.165, 1.54) is 0 Å². The number of nitrogens with one attached hydrogen (secondary N) is 1. The molecule has 7 heteroatoms. The van der Waals surface area contributed by atoms with Crippen LogP contribution < -0.4 is 10.1 Å². The second-order valence-corrected chi connectivity index (χ2v) is 7.53. The van der Waals surface area contributed by atoms with Gasteiger partial charge in [-0.2, -0.15) is 0 Å². The number of nitrogens with zero attached hydrogens (tertiary/aromatic N) is 2. The van der Waals surface area contributed by atoms with Crippen molar-refractivity contribution in [2.75, 3.05) is 32.6 Å². The highest BCUT2D eigenvalue weighted by Crippen LogP contribution is 2.38. The predicted octanol–water partition coefficient (Wildman–Crippen LogP) is 5.35. The van der Waals surface area contributed by atoms with Crippen molar-refractivity contribution in [1.82, 2.24) is 4.90 Å². The average molecular weight is 436 g/mol. The van der Waals surface area contributed by atoms with Crippen molar-refractivity contribution in [2.24, 2.45) is 4.99 Å². The smallest absolute Gasteiger partial charge is 0.255 e. The van der Waals surface area contributed by atoms with E-state index in [4.69, 9.17) is 26.1 Å². The number of amides is 1. The molecule has 158 valence electrons. The monoisotopic (exact) mass is 435 g/mol. The second-order valence-electron chi connectivity index (χ2n) is 7.09. The summed E-state index contributed by atoms with van der Waals surface area (Å²) in [6.45, 7) is 1.21. The zero-order valence-corrected chi connectivity index (χ0v) is 18.0. The van der Waals surface area contributed by atoms with Crippen LogP contribution in [0, 0.1) is 0 Å². The van der Waals surface area contributed by atoms with Crippen molar-refractivity contribution >= 4 is 34.7 Å². The maximum atomic E-state index is 12.7. The third-order valence-electron chi connectivity index (χ3n) is 4.89. The lowest BCUT2D eigenvalue weighted by Gasteiger charge is -2.22. The van der Waals surface area contributed by atoms with Gasteiger partial charge in [-0.1, -0.05) is 23.7 Å². The van der Waals surface area contributed by atoms with Crippen molar-refractivity contribution in [3.05, 3.63) is 82.9 Å². The van der Waals surface area contributed by atoms with E-state index in [1.54, 1.807) is 31.4 Å². The third kappa shape index (κ3) is 4.71. The van der Waals surface area contributed by atoms with Crippen molar-refractivity contribution in [3.63, 3.8) is 0 Å². The standard InChI is InChI=1S/C24H22ClN3O3/c1-28(13-14-30-2)23-19-15-18(26-24(29)16-7-9-17(25)10-8-16)11-12-21(19)31-22-6-4-3-5-20(22)27-23/h3-12,15H,13-14H2,1-2H3,(H,26,29). The van der Waals surface area contributed by atoms with Crippen LogP contribution in [0.4, 0.5) is 11.4 Å². The van der Waals surface area contributed by atoms with Gasteiger partial charge in [0.2, 0.25) is 0 Å². The molecule has 0 bridgehead atoms. The summed E-state index contributed by atoms with van der Waals surface area (Å²) in [5, 5.41) is 3.52. The SMILES string of the molecule is COCCN(C)C1=Nc2ccccc2Oc2ccc(NC(=O)c3ccc(Cl)cc3)cc21. The lowest BCUT2D eigenvalue weighted by Crippen LogP contribution is -2.30. The molecule has 4 rings (SSSR count). The summed E-state index contributed by atoms with van der Waals surface area (Å²) < 4.78 is 11.4. The number of benzene rings is 3. The van der Waals surface area contributed by atoms with Crippen LogP contribution in [0.1, 0.15) is 15.9 Å². The Labute approximate surface area is 186 Å². The molecule has 3 aromatic carbocycles. The number of anilines is 1. The molecule has 0 aromatic heterocycles. The molecule has 1 aliphatic rings. The first-order valence-electron chi connectivity index (χ1n) is 9.82. The van der Waals surface area contributed by atoms with Crippen LogP contribution in [0.3, 0.4) is 0 Å². The summed E-state index contributed by atoms with van der Waals surface area (Å²) in [7, 11) is 3.62. The Balaban J connectivity index is 1.69. The van der Waals surface area contributed by atoms with Crippen molar-refractivity contribution in [3.8, 4) is 11.5 Å². The van der Waals surface area contributed by atoms with Gasteiger partial charge in [-0.25, -0.2) is 4.99 Å². The van der Waals surface area contributed by atoms with Crippen LogP contribution in [0.2, 0.25) is 5.02 Å². The molecule has 6 nitrogen and oxygen atoms in total. The van der Waals surface area contributed by atoms with Crippen molar-refractivity contribution in [2.45, 2.75) is 0 Å². The Bertz CT molecular complexity index is 1130. The summed E-state index contributed by atoms with van der Waals surface area (Å²) in [6, 6.07) is 19.9. The number of para-hydroxylation sites is 2. The van der Waals surface area contributed by atoms with Gasteiger partial charge < -0.3 is 19.7 Å². The van der Waals surface area contributed by atoms with Crippen molar-refractivity contribution in [1.29, 1.82) is 0 Å². The molecule has 0 aliphatic carbocycles. The highest BCUT2D eigenvalue weighted by atomic mass is 35.5. The minimum absolute atomic E-state index is 0.222. The number of likely N-dealkylation sites (N-methyl/N-ethyl adjacent to an activating group) is 1. The van der Waals surface area contributed by atoms with Crippen LogP contribution in [0.25, 0.3) is 0 Å². The molecule has 0 radical (unpaired) electrons. The fourth-order valence-corrected chi connectivity index (χ4v) is 3.36. The minimum atomic E-state index is -0.222. The average Bonchev–Trinajstić information content (AvgIpc) is 2.94. The number of hydrogen-bond donors (Lipinski definition) is 1. The maximum absolute atomic E-state index is 12.7. The number of halogens is 1. The fraction of sp³-hybridized carbons (Fsp3) is 0.167. The number of hydrogen-bond acceptors (Lipinski definition) is 5. The highest BCUT2D eigenvalue weighted by Gasteiger charge is 2.22. The number of methoxy groups -OCH3 is 1. The largest absolute Gasteiger partial charge is 0.454 e. The number of ether oxygens (including phenoxy) is 2.